The van der Waals surface area contributed by atoms with Crippen molar-refractivity contribution < 1.29 is 9.53 Å². The van der Waals surface area contributed by atoms with Crippen molar-refractivity contribution >= 4 is 11.7 Å². The molecular weight excluding hydrogens is 256 g/mol. The van der Waals surface area contributed by atoms with E-state index in [1.807, 2.05) is 6.92 Å². The molecule has 3 N–H and O–H groups in total. The first-order valence-electron chi connectivity index (χ1n) is 6.25. The number of hydrogen-bond donors (Lipinski definition) is 2. The van der Waals surface area contributed by atoms with Gasteiger partial charge in [0.15, 0.2) is 0 Å². The summed E-state index contributed by atoms with van der Waals surface area (Å²) in [7, 11) is 1.80. The number of rotatable bonds is 5. The van der Waals surface area contributed by atoms with Crippen molar-refractivity contribution in [2.45, 2.75) is 13.3 Å². The van der Waals surface area contributed by atoms with Crippen molar-refractivity contribution in [2.75, 3.05) is 12.4 Å². The summed E-state index contributed by atoms with van der Waals surface area (Å²) >= 11 is 0. The molecule has 2 rings (SSSR count). The first-order chi connectivity index (χ1) is 9.65. The minimum absolute atomic E-state index is 0.437. The van der Waals surface area contributed by atoms with Crippen molar-refractivity contribution in [1.82, 2.24) is 9.97 Å². The van der Waals surface area contributed by atoms with Gasteiger partial charge in [0, 0.05) is 12.6 Å². The largest absolute Gasteiger partial charge is 0.439 e. The molecule has 2 aromatic rings. The quantitative estimate of drug-likeness (QED) is 0.868. The van der Waals surface area contributed by atoms with Crippen LogP contribution < -0.4 is 15.8 Å². The summed E-state index contributed by atoms with van der Waals surface area (Å²) in [6.07, 6.45) is 2.18. The van der Waals surface area contributed by atoms with Crippen LogP contribution in [0.1, 0.15) is 22.8 Å². The molecule has 6 nitrogen and oxygen atoms in total. The highest BCUT2D eigenvalue weighted by Crippen LogP contribution is 2.27. The summed E-state index contributed by atoms with van der Waals surface area (Å²) in [5, 5.41) is 3.00. The lowest BCUT2D eigenvalue weighted by molar-refractivity contribution is 0.100. The Labute approximate surface area is 117 Å². The Bertz CT molecular complexity index is 611. The number of amides is 1. The molecule has 0 atom stereocenters. The third-order valence-electron chi connectivity index (χ3n) is 2.85. The summed E-state index contributed by atoms with van der Waals surface area (Å²) < 4.78 is 5.73. The molecule has 0 spiro atoms. The molecule has 0 aliphatic heterocycles. The molecule has 0 aliphatic rings. The molecular formula is C14H16N4O2. The maximum atomic E-state index is 11.0. The van der Waals surface area contributed by atoms with E-state index in [9.17, 15) is 4.79 Å². The molecule has 0 saturated carbocycles. The van der Waals surface area contributed by atoms with Crippen LogP contribution in [0, 0.1) is 0 Å². The summed E-state index contributed by atoms with van der Waals surface area (Å²) in [6.45, 7) is 2.00. The maximum Gasteiger partial charge on any atom is 0.248 e. The Hall–Kier alpha value is -2.63. The number of primary amides is 1. The lowest BCUT2D eigenvalue weighted by atomic mass is 10.2. The van der Waals surface area contributed by atoms with Crippen molar-refractivity contribution in [2.24, 2.45) is 5.73 Å². The van der Waals surface area contributed by atoms with Crippen LogP contribution in [0.25, 0.3) is 0 Å². The fourth-order valence-corrected chi connectivity index (χ4v) is 1.82. The molecule has 1 aromatic carbocycles. The zero-order valence-electron chi connectivity index (χ0n) is 11.4. The number of carbonyl (C=O) groups is 1. The monoisotopic (exact) mass is 272 g/mol. The highest BCUT2D eigenvalue weighted by molar-refractivity contribution is 5.92. The molecule has 104 valence electrons. The standard InChI is InChI=1S/C14H16N4O2/c1-3-11-13(16-2)17-8-18-14(11)20-10-6-4-9(5-7-10)12(15)19/h4-8H,3H2,1-2H3,(H2,15,19)(H,16,17,18). The lowest BCUT2D eigenvalue weighted by Gasteiger charge is -2.11. The molecule has 0 fully saturated rings. The average Bonchev–Trinajstić information content (AvgIpc) is 2.47. The first kappa shape index (κ1) is 13.8. The number of nitrogens with zero attached hydrogens (tertiary/aromatic N) is 2. The molecule has 0 radical (unpaired) electrons. The van der Waals surface area contributed by atoms with E-state index in [1.54, 1.807) is 31.3 Å². The van der Waals surface area contributed by atoms with Gasteiger partial charge in [-0.2, -0.15) is 0 Å². The Morgan fingerprint density at radius 1 is 1.30 bits per heavy atom. The van der Waals surface area contributed by atoms with E-state index in [1.165, 1.54) is 6.33 Å². The molecule has 1 heterocycles. The van der Waals surface area contributed by atoms with Gasteiger partial charge in [0.25, 0.3) is 0 Å². The highest BCUT2D eigenvalue weighted by Gasteiger charge is 2.11. The molecule has 6 heteroatoms. The van der Waals surface area contributed by atoms with Gasteiger partial charge in [0.05, 0.1) is 5.56 Å². The second-order valence-corrected chi connectivity index (χ2v) is 4.10. The van der Waals surface area contributed by atoms with Crippen molar-refractivity contribution in [3.63, 3.8) is 0 Å². The zero-order chi connectivity index (χ0) is 14.5. The average molecular weight is 272 g/mol. The van der Waals surface area contributed by atoms with Gasteiger partial charge in [-0.25, -0.2) is 9.97 Å². The van der Waals surface area contributed by atoms with E-state index in [-0.39, 0.29) is 0 Å². The van der Waals surface area contributed by atoms with Gasteiger partial charge in [-0.15, -0.1) is 0 Å². The SMILES string of the molecule is CCc1c(NC)ncnc1Oc1ccc(C(N)=O)cc1. The Kier molecular flexibility index (Phi) is 4.14. The Balaban J connectivity index is 2.27. The van der Waals surface area contributed by atoms with Gasteiger partial charge in [-0.1, -0.05) is 6.92 Å². The smallest absolute Gasteiger partial charge is 0.248 e. The molecule has 0 bridgehead atoms. The predicted molar refractivity (Wildman–Crippen MR) is 76.0 cm³/mol. The topological polar surface area (TPSA) is 90.1 Å². The minimum atomic E-state index is -0.467. The number of ether oxygens (including phenoxy) is 1. The van der Waals surface area contributed by atoms with E-state index in [0.717, 1.165) is 17.8 Å². The molecule has 20 heavy (non-hydrogen) atoms. The number of aromatic nitrogens is 2. The highest BCUT2D eigenvalue weighted by atomic mass is 16.5. The van der Waals surface area contributed by atoms with Gasteiger partial charge in [-0.05, 0) is 30.7 Å². The van der Waals surface area contributed by atoms with E-state index in [4.69, 9.17) is 10.5 Å². The van der Waals surface area contributed by atoms with Crippen LogP contribution in [-0.4, -0.2) is 22.9 Å². The minimum Gasteiger partial charge on any atom is -0.439 e. The van der Waals surface area contributed by atoms with Gasteiger partial charge in [-0.3, -0.25) is 4.79 Å². The molecule has 0 saturated heterocycles. The van der Waals surface area contributed by atoms with Crippen LogP contribution in [0.3, 0.4) is 0 Å². The van der Waals surface area contributed by atoms with E-state index >= 15 is 0 Å². The fraction of sp³-hybridized carbons (Fsp3) is 0.214. The van der Waals surface area contributed by atoms with Crippen molar-refractivity contribution in [3.05, 3.63) is 41.7 Å². The van der Waals surface area contributed by atoms with Gasteiger partial charge < -0.3 is 15.8 Å². The van der Waals surface area contributed by atoms with Gasteiger partial charge >= 0.3 is 0 Å². The zero-order valence-corrected chi connectivity index (χ0v) is 11.4. The lowest BCUT2D eigenvalue weighted by Crippen LogP contribution is -2.10. The third-order valence-corrected chi connectivity index (χ3v) is 2.85. The van der Waals surface area contributed by atoms with E-state index < -0.39 is 5.91 Å². The summed E-state index contributed by atoms with van der Waals surface area (Å²) in [6, 6.07) is 6.59. The Morgan fingerprint density at radius 3 is 2.55 bits per heavy atom. The van der Waals surface area contributed by atoms with Crippen molar-refractivity contribution in [3.8, 4) is 11.6 Å². The number of nitrogens with two attached hydrogens (primary N) is 1. The normalized spacial score (nSPS) is 10.1. The number of carbonyl (C=O) groups excluding carboxylic acids is 1. The maximum absolute atomic E-state index is 11.0. The van der Waals surface area contributed by atoms with Crippen molar-refractivity contribution in [1.29, 1.82) is 0 Å². The van der Waals surface area contributed by atoms with Crippen LogP contribution >= 0.6 is 0 Å². The second kappa shape index (κ2) is 6.01. The van der Waals surface area contributed by atoms with Crippen LogP contribution in [0.2, 0.25) is 0 Å². The van der Waals surface area contributed by atoms with Crippen LogP contribution in [-0.2, 0) is 6.42 Å². The Morgan fingerprint density at radius 2 is 2.00 bits per heavy atom. The first-order valence-corrected chi connectivity index (χ1v) is 6.25. The van der Waals surface area contributed by atoms with E-state index in [2.05, 4.69) is 15.3 Å². The number of benzene rings is 1. The van der Waals surface area contributed by atoms with Gasteiger partial charge in [0.2, 0.25) is 11.8 Å². The van der Waals surface area contributed by atoms with Crippen LogP contribution in [0.5, 0.6) is 11.6 Å². The molecule has 0 unspecified atom stereocenters. The van der Waals surface area contributed by atoms with E-state index in [0.29, 0.717) is 17.2 Å². The third kappa shape index (κ3) is 2.85. The number of anilines is 1. The second-order valence-electron chi connectivity index (χ2n) is 4.10. The van der Waals surface area contributed by atoms with Gasteiger partial charge in [0.1, 0.15) is 17.9 Å². The van der Waals surface area contributed by atoms with Crippen LogP contribution in [0.4, 0.5) is 5.82 Å². The molecule has 0 aliphatic carbocycles. The number of nitrogens with one attached hydrogen (secondary N) is 1. The molecule has 1 amide bonds. The number of hydrogen-bond acceptors (Lipinski definition) is 5. The summed E-state index contributed by atoms with van der Waals surface area (Å²) in [4.78, 5) is 19.3. The predicted octanol–water partition coefficient (Wildman–Crippen LogP) is 1.97. The fourth-order valence-electron chi connectivity index (χ4n) is 1.82. The molecule has 1 aromatic heterocycles. The summed E-state index contributed by atoms with van der Waals surface area (Å²) in [5.74, 6) is 1.36. The van der Waals surface area contributed by atoms with Crippen LogP contribution in [0.15, 0.2) is 30.6 Å². The summed E-state index contributed by atoms with van der Waals surface area (Å²) in [5.41, 5.74) is 6.53.